The van der Waals surface area contributed by atoms with Crippen LogP contribution in [0, 0.1) is 17.2 Å². The summed E-state index contributed by atoms with van der Waals surface area (Å²) in [5.74, 6) is 0.545. The Bertz CT molecular complexity index is 948. The summed E-state index contributed by atoms with van der Waals surface area (Å²) in [5.41, 5.74) is 2.94. The van der Waals surface area contributed by atoms with Gasteiger partial charge in [-0.3, -0.25) is 4.68 Å². The predicted octanol–water partition coefficient (Wildman–Crippen LogP) is 4.28. The maximum absolute atomic E-state index is 9.26. The molecule has 1 aliphatic rings. The first-order chi connectivity index (χ1) is 12.2. The molecule has 1 unspecified atom stereocenters. The summed E-state index contributed by atoms with van der Waals surface area (Å²) >= 11 is 7.96. The molecule has 1 atom stereocenters. The lowest BCUT2D eigenvalue weighted by Crippen LogP contribution is -2.33. The molecule has 1 fully saturated rings. The highest BCUT2D eigenvalue weighted by atomic mass is 35.5. The zero-order chi connectivity index (χ0) is 17.4. The number of hydrogen-bond acceptors (Lipinski definition) is 4. The number of halogens is 1. The van der Waals surface area contributed by atoms with E-state index < -0.39 is 0 Å². The monoisotopic (exact) mass is 372 g/mol. The smallest absolute Gasteiger partial charge is 0.268 e. The molecule has 0 radical (unpaired) electrons. The standard InChI is InChI=1S/C18H19ClN5S/c1-23-16(17-14(7-9-25-17)22-18(23)19)13-10-21-24(11-13)15(6-8-20)12-4-2-3-5-12/h7,9-12,15H,2-6H2,1H3/q+1. The average Bonchev–Trinajstić information content (AvgIpc) is 3.35. The van der Waals surface area contributed by atoms with Crippen molar-refractivity contribution in [1.29, 1.82) is 5.26 Å². The molecule has 7 heteroatoms. The van der Waals surface area contributed by atoms with E-state index in [1.807, 2.05) is 33.9 Å². The fourth-order valence-electron chi connectivity index (χ4n) is 3.87. The molecule has 3 heterocycles. The van der Waals surface area contributed by atoms with Gasteiger partial charge in [0, 0.05) is 23.9 Å². The molecule has 1 aliphatic carbocycles. The van der Waals surface area contributed by atoms with E-state index in [0.29, 0.717) is 17.6 Å². The van der Waals surface area contributed by atoms with Crippen molar-refractivity contribution in [1.82, 2.24) is 14.8 Å². The van der Waals surface area contributed by atoms with Crippen molar-refractivity contribution in [2.45, 2.75) is 38.1 Å². The van der Waals surface area contributed by atoms with Gasteiger partial charge < -0.3 is 0 Å². The molecule has 0 amide bonds. The summed E-state index contributed by atoms with van der Waals surface area (Å²) in [6.45, 7) is 0. The minimum Gasteiger partial charge on any atom is -0.268 e. The maximum atomic E-state index is 9.26. The van der Waals surface area contributed by atoms with Gasteiger partial charge in [0.05, 0.1) is 37.3 Å². The van der Waals surface area contributed by atoms with E-state index in [1.165, 1.54) is 25.7 Å². The minimum absolute atomic E-state index is 0.155. The number of hydrogen-bond donors (Lipinski definition) is 0. The van der Waals surface area contributed by atoms with Crippen LogP contribution in [0.1, 0.15) is 38.1 Å². The fourth-order valence-corrected chi connectivity index (χ4v) is 4.97. The van der Waals surface area contributed by atoms with Crippen molar-refractivity contribution in [3.63, 3.8) is 0 Å². The maximum Gasteiger partial charge on any atom is 0.396 e. The molecule has 3 aromatic heterocycles. The van der Waals surface area contributed by atoms with Crippen molar-refractivity contribution in [3.8, 4) is 17.3 Å². The van der Waals surface area contributed by atoms with E-state index in [4.69, 9.17) is 11.6 Å². The summed E-state index contributed by atoms with van der Waals surface area (Å²) in [4.78, 5) is 4.42. The van der Waals surface area contributed by atoms with Gasteiger partial charge in [-0.05, 0) is 29.1 Å². The van der Waals surface area contributed by atoms with Crippen molar-refractivity contribution in [3.05, 3.63) is 29.1 Å². The van der Waals surface area contributed by atoms with Crippen LogP contribution in [0.25, 0.3) is 21.5 Å². The topological polar surface area (TPSA) is 58.4 Å². The summed E-state index contributed by atoms with van der Waals surface area (Å²) < 4.78 is 4.99. The molecule has 4 rings (SSSR count). The van der Waals surface area contributed by atoms with Gasteiger partial charge in [0.1, 0.15) is 4.70 Å². The molecule has 3 aromatic rings. The molecular formula is C18H19ClN5S+. The molecule has 1 saturated carbocycles. The second kappa shape index (κ2) is 6.74. The van der Waals surface area contributed by atoms with Crippen LogP contribution in [-0.2, 0) is 7.05 Å². The lowest BCUT2D eigenvalue weighted by atomic mass is 9.96. The van der Waals surface area contributed by atoms with Crippen LogP contribution in [0.15, 0.2) is 23.8 Å². The largest absolute Gasteiger partial charge is 0.396 e. The SMILES string of the molecule is C[n+]1c(Cl)nc2ccsc2c1-c1cnn(C(CC#N)C2CCCC2)c1. The number of thiophene rings is 1. The molecular weight excluding hydrogens is 354 g/mol. The number of nitrogens with zero attached hydrogens (tertiary/aromatic N) is 5. The van der Waals surface area contributed by atoms with Crippen LogP contribution in [0.5, 0.6) is 0 Å². The Morgan fingerprint density at radius 3 is 3.04 bits per heavy atom. The Kier molecular flexibility index (Phi) is 4.45. The predicted molar refractivity (Wildman–Crippen MR) is 98.3 cm³/mol. The lowest BCUT2D eigenvalue weighted by Gasteiger charge is -2.21. The molecule has 0 saturated heterocycles. The Morgan fingerprint density at radius 2 is 2.28 bits per heavy atom. The summed E-state index contributed by atoms with van der Waals surface area (Å²) in [6, 6.07) is 4.48. The molecule has 128 valence electrons. The highest BCUT2D eigenvalue weighted by molar-refractivity contribution is 7.17. The molecule has 0 aromatic carbocycles. The van der Waals surface area contributed by atoms with Crippen molar-refractivity contribution in [2.24, 2.45) is 13.0 Å². The van der Waals surface area contributed by atoms with Gasteiger partial charge in [0.15, 0.2) is 11.2 Å². The van der Waals surface area contributed by atoms with Crippen LogP contribution in [-0.4, -0.2) is 14.8 Å². The van der Waals surface area contributed by atoms with E-state index >= 15 is 0 Å². The van der Waals surface area contributed by atoms with Gasteiger partial charge in [0.2, 0.25) is 0 Å². The zero-order valence-corrected chi connectivity index (χ0v) is 15.6. The lowest BCUT2D eigenvalue weighted by molar-refractivity contribution is -0.659. The summed E-state index contributed by atoms with van der Waals surface area (Å²) in [6.07, 6.45) is 9.33. The second-order valence-corrected chi connectivity index (χ2v) is 7.86. The molecule has 5 nitrogen and oxygen atoms in total. The number of aromatic nitrogens is 4. The van der Waals surface area contributed by atoms with Gasteiger partial charge in [-0.1, -0.05) is 12.8 Å². The van der Waals surface area contributed by atoms with E-state index in [2.05, 4.69) is 22.3 Å². The van der Waals surface area contributed by atoms with E-state index in [-0.39, 0.29) is 6.04 Å². The first-order valence-electron chi connectivity index (χ1n) is 8.53. The Hall–Kier alpha value is -1.97. The number of fused-ring (bicyclic) bond motifs is 1. The van der Waals surface area contributed by atoms with Gasteiger partial charge in [-0.2, -0.15) is 10.4 Å². The zero-order valence-electron chi connectivity index (χ0n) is 14.0. The minimum atomic E-state index is 0.155. The van der Waals surface area contributed by atoms with E-state index in [0.717, 1.165) is 21.5 Å². The van der Waals surface area contributed by atoms with Crippen LogP contribution in [0.2, 0.25) is 5.28 Å². The number of rotatable bonds is 4. The van der Waals surface area contributed by atoms with Crippen molar-refractivity contribution in [2.75, 3.05) is 0 Å². The van der Waals surface area contributed by atoms with Gasteiger partial charge in [0.25, 0.3) is 0 Å². The highest BCUT2D eigenvalue weighted by Gasteiger charge is 2.28. The fraction of sp³-hybridized carbons (Fsp3) is 0.444. The van der Waals surface area contributed by atoms with E-state index in [9.17, 15) is 5.26 Å². The first-order valence-corrected chi connectivity index (χ1v) is 9.79. The van der Waals surface area contributed by atoms with Gasteiger partial charge in [-0.25, -0.2) is 4.57 Å². The molecule has 0 aliphatic heterocycles. The van der Waals surface area contributed by atoms with Crippen molar-refractivity contribution >= 4 is 33.2 Å². The van der Waals surface area contributed by atoms with Gasteiger partial charge in [-0.15, -0.1) is 11.3 Å². The van der Waals surface area contributed by atoms with Crippen molar-refractivity contribution < 1.29 is 4.57 Å². The third kappa shape index (κ3) is 2.92. The van der Waals surface area contributed by atoms with Crippen LogP contribution in [0.4, 0.5) is 0 Å². The summed E-state index contributed by atoms with van der Waals surface area (Å²) in [7, 11) is 1.92. The Balaban J connectivity index is 1.78. The van der Waals surface area contributed by atoms with Crippen LogP contribution in [0.3, 0.4) is 0 Å². The third-order valence-corrected chi connectivity index (χ3v) is 6.39. The molecule has 0 spiro atoms. The van der Waals surface area contributed by atoms with E-state index in [1.54, 1.807) is 11.3 Å². The Morgan fingerprint density at radius 1 is 1.48 bits per heavy atom. The normalized spacial score (nSPS) is 16.4. The first kappa shape index (κ1) is 16.5. The molecule has 0 bridgehead atoms. The second-order valence-electron chi connectivity index (χ2n) is 6.61. The van der Waals surface area contributed by atoms with Crippen LogP contribution >= 0.6 is 22.9 Å². The Labute approximate surface area is 155 Å². The quantitative estimate of drug-likeness (QED) is 0.507. The average molecular weight is 373 g/mol. The highest BCUT2D eigenvalue weighted by Crippen LogP contribution is 2.37. The third-order valence-electron chi connectivity index (χ3n) is 5.14. The molecule has 25 heavy (non-hydrogen) atoms. The molecule has 0 N–H and O–H groups in total. The summed E-state index contributed by atoms with van der Waals surface area (Å²) in [5, 5.41) is 16.4. The van der Waals surface area contributed by atoms with Gasteiger partial charge >= 0.3 is 5.28 Å². The number of nitriles is 1. The van der Waals surface area contributed by atoms with Crippen LogP contribution < -0.4 is 4.57 Å².